The van der Waals surface area contributed by atoms with E-state index < -0.39 is 0 Å². The summed E-state index contributed by atoms with van der Waals surface area (Å²) in [7, 11) is 3.44. The van der Waals surface area contributed by atoms with Crippen molar-refractivity contribution >= 4 is 11.9 Å². The largest absolute Gasteiger partial charge is 0.375 e. The van der Waals surface area contributed by atoms with Crippen LogP contribution in [0, 0.1) is 0 Å². The minimum absolute atomic E-state index is 0.0301. The molecular formula is C16H26N4O2. The molecule has 0 fully saturated rings. The zero-order chi connectivity index (χ0) is 16.2. The van der Waals surface area contributed by atoms with Crippen LogP contribution in [0.15, 0.2) is 35.3 Å². The van der Waals surface area contributed by atoms with E-state index in [9.17, 15) is 4.79 Å². The van der Waals surface area contributed by atoms with E-state index in [1.807, 2.05) is 37.3 Å². The highest BCUT2D eigenvalue weighted by Gasteiger charge is 2.03. The van der Waals surface area contributed by atoms with E-state index in [0.717, 1.165) is 12.1 Å². The lowest BCUT2D eigenvalue weighted by Gasteiger charge is -2.12. The normalized spacial score (nSPS) is 11.1. The highest BCUT2D eigenvalue weighted by atomic mass is 16.5. The van der Waals surface area contributed by atoms with Gasteiger partial charge in [0.1, 0.15) is 6.54 Å². The van der Waals surface area contributed by atoms with E-state index >= 15 is 0 Å². The van der Waals surface area contributed by atoms with Gasteiger partial charge in [0.2, 0.25) is 5.91 Å². The van der Waals surface area contributed by atoms with Crippen LogP contribution in [0.5, 0.6) is 0 Å². The second-order valence-electron chi connectivity index (χ2n) is 4.95. The molecule has 1 amide bonds. The van der Waals surface area contributed by atoms with E-state index in [2.05, 4.69) is 15.6 Å². The molecule has 0 bridgehead atoms. The first-order valence-corrected chi connectivity index (χ1v) is 7.47. The Morgan fingerprint density at radius 3 is 2.59 bits per heavy atom. The fourth-order valence-electron chi connectivity index (χ4n) is 1.64. The average molecular weight is 306 g/mol. The molecule has 0 aliphatic carbocycles. The lowest BCUT2D eigenvalue weighted by Crippen LogP contribution is -2.39. The molecule has 1 aromatic carbocycles. The third-order valence-corrected chi connectivity index (χ3v) is 2.87. The maximum absolute atomic E-state index is 11.5. The van der Waals surface area contributed by atoms with Crippen LogP contribution < -0.4 is 10.6 Å². The van der Waals surface area contributed by atoms with Crippen molar-refractivity contribution in [2.24, 2.45) is 4.99 Å². The number of likely N-dealkylation sites (N-methyl/N-ethyl adjacent to an activating group) is 1. The van der Waals surface area contributed by atoms with Gasteiger partial charge in [-0.1, -0.05) is 30.3 Å². The number of amides is 1. The summed E-state index contributed by atoms with van der Waals surface area (Å²) in [5, 5.41) is 6.24. The molecule has 0 saturated carbocycles. The number of nitrogens with zero attached hydrogens (tertiary/aromatic N) is 2. The van der Waals surface area contributed by atoms with Crippen molar-refractivity contribution in [1.29, 1.82) is 0 Å². The van der Waals surface area contributed by atoms with Crippen LogP contribution in [0.25, 0.3) is 0 Å². The Hall–Kier alpha value is -2.08. The molecule has 0 aliphatic rings. The molecule has 6 heteroatoms. The van der Waals surface area contributed by atoms with Gasteiger partial charge in [-0.15, -0.1) is 0 Å². The summed E-state index contributed by atoms with van der Waals surface area (Å²) in [6.07, 6.45) is 0. The molecule has 0 unspecified atom stereocenters. The number of aliphatic imine (C=N–C) groups is 1. The van der Waals surface area contributed by atoms with Crippen LogP contribution in [0.4, 0.5) is 0 Å². The van der Waals surface area contributed by atoms with Crippen LogP contribution in [-0.4, -0.2) is 57.1 Å². The van der Waals surface area contributed by atoms with E-state index in [1.54, 1.807) is 14.1 Å². The maximum Gasteiger partial charge on any atom is 0.243 e. The summed E-state index contributed by atoms with van der Waals surface area (Å²) in [6, 6.07) is 10.0. The van der Waals surface area contributed by atoms with Crippen molar-refractivity contribution in [2.45, 2.75) is 13.5 Å². The number of nitrogens with one attached hydrogen (secondary N) is 2. The van der Waals surface area contributed by atoms with E-state index in [-0.39, 0.29) is 12.5 Å². The topological polar surface area (TPSA) is 66.0 Å². The van der Waals surface area contributed by atoms with Gasteiger partial charge < -0.3 is 20.3 Å². The Labute approximate surface area is 132 Å². The zero-order valence-corrected chi connectivity index (χ0v) is 13.6. The highest BCUT2D eigenvalue weighted by Crippen LogP contribution is 1.99. The van der Waals surface area contributed by atoms with Crippen molar-refractivity contribution in [3.8, 4) is 0 Å². The van der Waals surface area contributed by atoms with Gasteiger partial charge in [0.15, 0.2) is 5.96 Å². The van der Waals surface area contributed by atoms with Gasteiger partial charge in [0.25, 0.3) is 0 Å². The maximum atomic E-state index is 11.5. The molecule has 0 aromatic heterocycles. The Balaban J connectivity index is 2.26. The lowest BCUT2D eigenvalue weighted by molar-refractivity contribution is -0.127. The highest BCUT2D eigenvalue weighted by molar-refractivity contribution is 5.84. The Morgan fingerprint density at radius 1 is 1.23 bits per heavy atom. The van der Waals surface area contributed by atoms with Gasteiger partial charge in [-0.25, -0.2) is 4.99 Å². The summed E-state index contributed by atoms with van der Waals surface area (Å²) in [4.78, 5) is 17.3. The van der Waals surface area contributed by atoms with Crippen LogP contribution in [0.2, 0.25) is 0 Å². The van der Waals surface area contributed by atoms with E-state index in [0.29, 0.717) is 25.7 Å². The quantitative estimate of drug-likeness (QED) is 0.424. The number of hydrogen-bond acceptors (Lipinski definition) is 3. The standard InChI is InChI=1S/C16H26N4O2/c1-4-17-16(19-12-15(21)20(2)3)18-10-11-22-13-14-8-6-5-7-9-14/h5-9H,4,10-13H2,1-3H3,(H2,17,18,19). The van der Waals surface area contributed by atoms with E-state index in [4.69, 9.17) is 4.74 Å². The molecule has 0 aliphatic heterocycles. The second kappa shape index (κ2) is 10.6. The lowest BCUT2D eigenvalue weighted by atomic mass is 10.2. The Bertz CT molecular complexity index is 460. The molecular weight excluding hydrogens is 280 g/mol. The predicted molar refractivity (Wildman–Crippen MR) is 88.8 cm³/mol. The smallest absolute Gasteiger partial charge is 0.243 e. The number of rotatable bonds is 8. The monoisotopic (exact) mass is 306 g/mol. The Kier molecular flexibility index (Phi) is 8.67. The number of ether oxygens (including phenoxy) is 1. The molecule has 122 valence electrons. The minimum Gasteiger partial charge on any atom is -0.375 e. The first-order chi connectivity index (χ1) is 10.6. The fourth-order valence-corrected chi connectivity index (χ4v) is 1.64. The predicted octanol–water partition coefficient (Wildman–Crippen LogP) is 0.847. The fraction of sp³-hybridized carbons (Fsp3) is 0.500. The van der Waals surface area contributed by atoms with E-state index in [1.165, 1.54) is 4.90 Å². The first-order valence-electron chi connectivity index (χ1n) is 7.47. The number of benzene rings is 1. The van der Waals surface area contributed by atoms with Gasteiger partial charge in [-0.2, -0.15) is 0 Å². The SMILES string of the molecule is CCNC(=NCC(=O)N(C)C)NCCOCc1ccccc1. The molecule has 0 spiro atoms. The molecule has 0 atom stereocenters. The summed E-state index contributed by atoms with van der Waals surface area (Å²) in [5.74, 6) is 0.596. The molecule has 22 heavy (non-hydrogen) atoms. The first kappa shape index (κ1) is 18.0. The number of carbonyl (C=O) groups excluding carboxylic acids is 1. The van der Waals surface area contributed by atoms with Gasteiger partial charge in [-0.3, -0.25) is 4.79 Å². The molecule has 2 N–H and O–H groups in total. The van der Waals surface area contributed by atoms with Crippen molar-refractivity contribution in [3.63, 3.8) is 0 Å². The Morgan fingerprint density at radius 2 is 1.95 bits per heavy atom. The van der Waals surface area contributed by atoms with Crippen LogP contribution >= 0.6 is 0 Å². The van der Waals surface area contributed by atoms with Crippen molar-refractivity contribution in [1.82, 2.24) is 15.5 Å². The minimum atomic E-state index is -0.0301. The third-order valence-electron chi connectivity index (χ3n) is 2.87. The van der Waals surface area contributed by atoms with Crippen LogP contribution in [0.1, 0.15) is 12.5 Å². The summed E-state index contributed by atoms with van der Waals surface area (Å²) >= 11 is 0. The molecule has 0 heterocycles. The van der Waals surface area contributed by atoms with Gasteiger partial charge in [0.05, 0.1) is 13.2 Å². The summed E-state index contributed by atoms with van der Waals surface area (Å²) in [5.41, 5.74) is 1.15. The molecule has 0 saturated heterocycles. The van der Waals surface area contributed by atoms with Crippen molar-refractivity contribution < 1.29 is 9.53 Å². The molecule has 6 nitrogen and oxygen atoms in total. The van der Waals surface area contributed by atoms with Crippen LogP contribution in [-0.2, 0) is 16.1 Å². The summed E-state index contributed by atoms with van der Waals surface area (Å²) < 4.78 is 5.59. The van der Waals surface area contributed by atoms with Crippen molar-refractivity contribution in [3.05, 3.63) is 35.9 Å². The number of hydrogen-bond donors (Lipinski definition) is 2. The van der Waals surface area contributed by atoms with Crippen LogP contribution in [0.3, 0.4) is 0 Å². The van der Waals surface area contributed by atoms with Gasteiger partial charge in [-0.05, 0) is 12.5 Å². The zero-order valence-electron chi connectivity index (χ0n) is 13.6. The number of guanidine groups is 1. The van der Waals surface area contributed by atoms with Gasteiger partial charge >= 0.3 is 0 Å². The second-order valence-corrected chi connectivity index (χ2v) is 4.95. The molecule has 1 rings (SSSR count). The summed E-state index contributed by atoms with van der Waals surface area (Å²) in [6.45, 7) is 4.65. The third kappa shape index (κ3) is 7.64. The van der Waals surface area contributed by atoms with Gasteiger partial charge in [0, 0.05) is 27.2 Å². The number of carbonyl (C=O) groups is 1. The average Bonchev–Trinajstić information content (AvgIpc) is 2.52. The molecule has 1 aromatic rings. The molecule has 0 radical (unpaired) electrons. The van der Waals surface area contributed by atoms with Crippen molar-refractivity contribution in [2.75, 3.05) is 40.3 Å².